The Morgan fingerprint density at radius 1 is 1.47 bits per heavy atom. The molecule has 0 amide bonds. The fraction of sp³-hybridized carbons (Fsp3) is 0.143. The van der Waals surface area contributed by atoms with Crippen molar-refractivity contribution in [3.63, 3.8) is 0 Å². The number of benzene rings is 1. The zero-order chi connectivity index (χ0) is 13.2. The Labute approximate surface area is 109 Å². The summed E-state index contributed by atoms with van der Waals surface area (Å²) in [5.74, 6) is -0.227. The van der Waals surface area contributed by atoms with E-state index in [9.17, 15) is 4.79 Å². The molecule has 1 aromatic heterocycles. The van der Waals surface area contributed by atoms with E-state index in [-0.39, 0.29) is 11.7 Å². The van der Waals surface area contributed by atoms with Crippen LogP contribution in [0.4, 0.5) is 0 Å². The molecule has 1 aliphatic rings. The number of aromatic nitrogens is 2. The molecule has 1 aromatic carbocycles. The molecule has 0 bridgehead atoms. The summed E-state index contributed by atoms with van der Waals surface area (Å²) in [5, 5.41) is 8.93. The topological polar surface area (TPSA) is 64.3 Å². The quantitative estimate of drug-likeness (QED) is 0.912. The van der Waals surface area contributed by atoms with Gasteiger partial charge in [-0.15, -0.1) is 0 Å². The van der Waals surface area contributed by atoms with Gasteiger partial charge in [0, 0.05) is 18.0 Å². The average molecular weight is 256 g/mol. The van der Waals surface area contributed by atoms with E-state index in [1.807, 2.05) is 22.9 Å². The highest BCUT2D eigenvalue weighted by atomic mass is 16.5. The molecule has 0 spiro atoms. The smallest absolute Gasteiger partial charge is 0.335 e. The summed E-state index contributed by atoms with van der Waals surface area (Å²) in [5.41, 5.74) is 1.06. The van der Waals surface area contributed by atoms with Gasteiger partial charge in [-0.1, -0.05) is 6.08 Å². The lowest BCUT2D eigenvalue weighted by Gasteiger charge is -2.22. The summed E-state index contributed by atoms with van der Waals surface area (Å²) in [6.07, 6.45) is 9.08. The van der Waals surface area contributed by atoms with Gasteiger partial charge < -0.3 is 14.4 Å². The SMILES string of the molecule is O=C(O)c1ccc2c(c1)C=CC(Cn1ccnc1)O2. The fourth-order valence-corrected chi connectivity index (χ4v) is 2.03. The predicted octanol–water partition coefficient (Wildman–Crippen LogP) is 2.06. The van der Waals surface area contributed by atoms with Gasteiger partial charge in [-0.2, -0.15) is 0 Å². The Hall–Kier alpha value is -2.56. The number of rotatable bonds is 3. The van der Waals surface area contributed by atoms with E-state index < -0.39 is 5.97 Å². The molecule has 2 heterocycles. The Bertz CT molecular complexity index is 632. The van der Waals surface area contributed by atoms with E-state index in [0.717, 1.165) is 5.56 Å². The Kier molecular flexibility index (Phi) is 2.79. The third-order valence-electron chi connectivity index (χ3n) is 2.98. The van der Waals surface area contributed by atoms with Crippen LogP contribution >= 0.6 is 0 Å². The zero-order valence-corrected chi connectivity index (χ0v) is 10.1. The molecule has 19 heavy (non-hydrogen) atoms. The minimum Gasteiger partial charge on any atom is -0.484 e. The summed E-state index contributed by atoms with van der Waals surface area (Å²) >= 11 is 0. The first kappa shape index (κ1) is 11.5. The normalized spacial score (nSPS) is 16.7. The van der Waals surface area contributed by atoms with Crippen molar-refractivity contribution in [3.05, 3.63) is 54.1 Å². The number of hydrogen-bond donors (Lipinski definition) is 1. The zero-order valence-electron chi connectivity index (χ0n) is 10.1. The highest BCUT2D eigenvalue weighted by Gasteiger charge is 2.16. The highest BCUT2D eigenvalue weighted by molar-refractivity contribution is 5.89. The minimum absolute atomic E-state index is 0.0719. The van der Waals surface area contributed by atoms with Crippen molar-refractivity contribution in [2.45, 2.75) is 12.6 Å². The molecule has 0 saturated heterocycles. The van der Waals surface area contributed by atoms with Gasteiger partial charge in [-0.3, -0.25) is 0 Å². The van der Waals surface area contributed by atoms with E-state index in [0.29, 0.717) is 12.3 Å². The maximum atomic E-state index is 10.9. The van der Waals surface area contributed by atoms with Gasteiger partial charge in [0.05, 0.1) is 18.4 Å². The van der Waals surface area contributed by atoms with Gasteiger partial charge in [-0.05, 0) is 24.3 Å². The van der Waals surface area contributed by atoms with Crippen LogP contribution in [0.1, 0.15) is 15.9 Å². The Morgan fingerprint density at radius 3 is 3.11 bits per heavy atom. The van der Waals surface area contributed by atoms with Crippen molar-refractivity contribution in [2.75, 3.05) is 0 Å². The van der Waals surface area contributed by atoms with Gasteiger partial charge >= 0.3 is 5.97 Å². The van der Waals surface area contributed by atoms with Crippen LogP contribution in [0.2, 0.25) is 0 Å². The third kappa shape index (κ3) is 2.35. The van der Waals surface area contributed by atoms with Crippen LogP contribution in [0, 0.1) is 0 Å². The molecular weight excluding hydrogens is 244 g/mol. The lowest BCUT2D eigenvalue weighted by Crippen LogP contribution is -2.22. The third-order valence-corrected chi connectivity index (χ3v) is 2.98. The van der Waals surface area contributed by atoms with Crippen molar-refractivity contribution in [1.29, 1.82) is 0 Å². The van der Waals surface area contributed by atoms with Gasteiger partial charge in [0.1, 0.15) is 11.9 Å². The number of imidazole rings is 1. The molecule has 1 N–H and O–H groups in total. The maximum absolute atomic E-state index is 10.9. The molecule has 3 rings (SSSR count). The molecule has 5 nitrogen and oxygen atoms in total. The molecule has 96 valence electrons. The van der Waals surface area contributed by atoms with Crippen molar-refractivity contribution in [2.24, 2.45) is 0 Å². The van der Waals surface area contributed by atoms with Crippen molar-refractivity contribution in [3.8, 4) is 5.75 Å². The van der Waals surface area contributed by atoms with Gasteiger partial charge in [-0.25, -0.2) is 9.78 Å². The summed E-state index contributed by atoms with van der Waals surface area (Å²) in [6.45, 7) is 0.677. The number of carboxylic acid groups (broad SMARTS) is 1. The molecule has 0 fully saturated rings. The van der Waals surface area contributed by atoms with Gasteiger partial charge in [0.2, 0.25) is 0 Å². The monoisotopic (exact) mass is 256 g/mol. The minimum atomic E-state index is -0.934. The molecule has 5 heteroatoms. The van der Waals surface area contributed by atoms with E-state index in [2.05, 4.69) is 4.98 Å². The average Bonchev–Trinajstić information content (AvgIpc) is 2.91. The number of carboxylic acids is 1. The van der Waals surface area contributed by atoms with Gasteiger partial charge in [0.15, 0.2) is 0 Å². The largest absolute Gasteiger partial charge is 0.484 e. The maximum Gasteiger partial charge on any atom is 0.335 e. The second-order valence-corrected chi connectivity index (χ2v) is 4.33. The number of ether oxygens (including phenoxy) is 1. The van der Waals surface area contributed by atoms with E-state index in [1.54, 1.807) is 30.7 Å². The molecule has 2 aromatic rings. The Morgan fingerprint density at radius 2 is 2.37 bits per heavy atom. The number of aromatic carboxylic acids is 1. The van der Waals surface area contributed by atoms with E-state index in [1.165, 1.54) is 0 Å². The lowest BCUT2D eigenvalue weighted by atomic mass is 10.1. The molecule has 1 unspecified atom stereocenters. The first-order valence-corrected chi connectivity index (χ1v) is 5.90. The van der Waals surface area contributed by atoms with E-state index >= 15 is 0 Å². The second-order valence-electron chi connectivity index (χ2n) is 4.33. The molecule has 0 radical (unpaired) electrons. The number of nitrogens with zero attached hydrogens (tertiary/aromatic N) is 2. The van der Waals surface area contributed by atoms with Crippen LogP contribution < -0.4 is 4.74 Å². The van der Waals surface area contributed by atoms with Crippen LogP contribution in [-0.4, -0.2) is 26.7 Å². The van der Waals surface area contributed by atoms with Crippen molar-refractivity contribution in [1.82, 2.24) is 9.55 Å². The number of fused-ring (bicyclic) bond motifs is 1. The fourth-order valence-electron chi connectivity index (χ4n) is 2.03. The van der Waals surface area contributed by atoms with Crippen LogP contribution in [0.5, 0.6) is 5.75 Å². The second kappa shape index (κ2) is 4.61. The molecular formula is C14H12N2O3. The van der Waals surface area contributed by atoms with E-state index in [4.69, 9.17) is 9.84 Å². The Balaban J connectivity index is 1.80. The molecule has 0 saturated carbocycles. The molecule has 0 aliphatic carbocycles. The first-order valence-electron chi connectivity index (χ1n) is 5.90. The summed E-state index contributed by atoms with van der Waals surface area (Å²) in [4.78, 5) is 14.9. The standard InChI is InChI=1S/C14H12N2O3/c17-14(18)11-2-4-13-10(7-11)1-3-12(19-13)8-16-6-5-15-9-16/h1-7,9,12H,8H2,(H,17,18). The molecule has 1 aliphatic heterocycles. The van der Waals surface area contributed by atoms with Gasteiger partial charge in [0.25, 0.3) is 0 Å². The lowest BCUT2D eigenvalue weighted by molar-refractivity contribution is 0.0697. The van der Waals surface area contributed by atoms with Crippen LogP contribution in [0.25, 0.3) is 6.08 Å². The van der Waals surface area contributed by atoms with Crippen LogP contribution in [-0.2, 0) is 6.54 Å². The van der Waals surface area contributed by atoms with Crippen molar-refractivity contribution < 1.29 is 14.6 Å². The van der Waals surface area contributed by atoms with Crippen molar-refractivity contribution >= 4 is 12.0 Å². The predicted molar refractivity (Wildman–Crippen MR) is 69.1 cm³/mol. The molecule has 1 atom stereocenters. The van der Waals surface area contributed by atoms with Crippen LogP contribution in [0.15, 0.2) is 43.0 Å². The summed E-state index contributed by atoms with van der Waals surface area (Å²) in [7, 11) is 0. The summed E-state index contributed by atoms with van der Waals surface area (Å²) < 4.78 is 7.75. The van der Waals surface area contributed by atoms with Crippen LogP contribution in [0.3, 0.4) is 0 Å². The highest BCUT2D eigenvalue weighted by Crippen LogP contribution is 2.27. The number of hydrogen-bond acceptors (Lipinski definition) is 3. The first-order chi connectivity index (χ1) is 9.22. The number of carbonyl (C=O) groups is 1. The summed E-state index contributed by atoms with van der Waals surface area (Å²) in [6, 6.07) is 4.86.